The van der Waals surface area contributed by atoms with Crippen molar-refractivity contribution in [3.05, 3.63) is 90.3 Å². The van der Waals surface area contributed by atoms with E-state index in [9.17, 15) is 4.79 Å². The molecular formula is C21H20N2O2. The molecule has 4 rings (SSSR count). The second-order valence-electron chi connectivity index (χ2n) is 6.50. The number of aromatic nitrogens is 2. The van der Waals surface area contributed by atoms with Crippen LogP contribution in [0.2, 0.25) is 0 Å². The SMILES string of the molecule is CC1C(Cn2cccn2)OC(=O)C1(c1ccccc1)c1ccccc1. The number of esters is 1. The Morgan fingerprint density at radius 3 is 2.12 bits per heavy atom. The zero-order chi connectivity index (χ0) is 17.3. The van der Waals surface area contributed by atoms with Crippen LogP contribution >= 0.6 is 0 Å². The van der Waals surface area contributed by atoms with Gasteiger partial charge in [-0.2, -0.15) is 5.10 Å². The average molecular weight is 332 g/mol. The van der Waals surface area contributed by atoms with Gasteiger partial charge in [-0.05, 0) is 17.2 Å². The van der Waals surface area contributed by atoms with E-state index in [1.807, 2.05) is 77.6 Å². The van der Waals surface area contributed by atoms with Gasteiger partial charge in [-0.15, -0.1) is 0 Å². The first kappa shape index (κ1) is 15.6. The molecule has 2 aromatic carbocycles. The Labute approximate surface area is 147 Å². The molecule has 1 fully saturated rings. The average Bonchev–Trinajstić information content (AvgIpc) is 3.24. The Balaban J connectivity index is 1.82. The highest BCUT2D eigenvalue weighted by atomic mass is 16.6. The van der Waals surface area contributed by atoms with Crippen LogP contribution in [0.25, 0.3) is 0 Å². The summed E-state index contributed by atoms with van der Waals surface area (Å²) in [5.74, 6) is -0.205. The van der Waals surface area contributed by atoms with Crippen LogP contribution in [0.4, 0.5) is 0 Å². The van der Waals surface area contributed by atoms with Gasteiger partial charge in [0.15, 0.2) is 0 Å². The largest absolute Gasteiger partial charge is 0.459 e. The third-order valence-electron chi connectivity index (χ3n) is 5.21. The molecule has 0 radical (unpaired) electrons. The van der Waals surface area contributed by atoms with Gasteiger partial charge >= 0.3 is 5.97 Å². The number of nitrogens with zero attached hydrogens (tertiary/aromatic N) is 2. The summed E-state index contributed by atoms with van der Waals surface area (Å²) in [6.45, 7) is 2.65. The molecule has 1 aliphatic heterocycles. The zero-order valence-corrected chi connectivity index (χ0v) is 14.1. The molecule has 126 valence electrons. The van der Waals surface area contributed by atoms with Crippen LogP contribution in [0.3, 0.4) is 0 Å². The van der Waals surface area contributed by atoms with Crippen LogP contribution < -0.4 is 0 Å². The lowest BCUT2D eigenvalue weighted by Crippen LogP contribution is -2.39. The van der Waals surface area contributed by atoms with Gasteiger partial charge in [-0.1, -0.05) is 67.6 Å². The lowest BCUT2D eigenvalue weighted by atomic mass is 9.66. The molecule has 3 aromatic rings. The van der Waals surface area contributed by atoms with Crippen molar-refractivity contribution in [2.75, 3.05) is 0 Å². The van der Waals surface area contributed by atoms with Crippen molar-refractivity contribution in [3.63, 3.8) is 0 Å². The summed E-state index contributed by atoms with van der Waals surface area (Å²) in [5, 5.41) is 4.26. The van der Waals surface area contributed by atoms with Gasteiger partial charge in [0.1, 0.15) is 11.5 Å². The fraction of sp³-hybridized carbons (Fsp3) is 0.238. The van der Waals surface area contributed by atoms with E-state index in [4.69, 9.17) is 4.74 Å². The van der Waals surface area contributed by atoms with Gasteiger partial charge in [0.25, 0.3) is 0 Å². The summed E-state index contributed by atoms with van der Waals surface area (Å²) in [6.07, 6.45) is 3.40. The van der Waals surface area contributed by atoms with E-state index in [0.29, 0.717) is 6.54 Å². The highest BCUT2D eigenvalue weighted by molar-refractivity contribution is 5.90. The third kappa shape index (κ3) is 2.45. The lowest BCUT2D eigenvalue weighted by molar-refractivity contribution is -0.145. The maximum absolute atomic E-state index is 13.2. The molecule has 0 amide bonds. The molecule has 0 bridgehead atoms. The van der Waals surface area contributed by atoms with Gasteiger partial charge in [0.2, 0.25) is 0 Å². The van der Waals surface area contributed by atoms with E-state index < -0.39 is 5.41 Å². The molecule has 2 unspecified atom stereocenters. The van der Waals surface area contributed by atoms with Crippen molar-refractivity contribution in [3.8, 4) is 0 Å². The maximum atomic E-state index is 13.2. The van der Waals surface area contributed by atoms with Crippen molar-refractivity contribution in [1.29, 1.82) is 0 Å². The second kappa shape index (κ2) is 6.20. The molecule has 2 atom stereocenters. The predicted molar refractivity (Wildman–Crippen MR) is 94.9 cm³/mol. The van der Waals surface area contributed by atoms with Crippen LogP contribution in [0.1, 0.15) is 18.1 Å². The first-order valence-corrected chi connectivity index (χ1v) is 8.52. The Hall–Kier alpha value is -2.88. The Kier molecular flexibility index (Phi) is 3.88. The van der Waals surface area contributed by atoms with E-state index in [0.717, 1.165) is 11.1 Å². The summed E-state index contributed by atoms with van der Waals surface area (Å²) < 4.78 is 7.69. The van der Waals surface area contributed by atoms with E-state index in [-0.39, 0.29) is 18.0 Å². The molecule has 4 nitrogen and oxygen atoms in total. The van der Waals surface area contributed by atoms with Crippen molar-refractivity contribution in [1.82, 2.24) is 9.78 Å². The number of cyclic esters (lactones) is 1. The van der Waals surface area contributed by atoms with Gasteiger partial charge in [-0.3, -0.25) is 9.48 Å². The molecule has 0 spiro atoms. The van der Waals surface area contributed by atoms with Crippen LogP contribution in [0.15, 0.2) is 79.1 Å². The summed E-state index contributed by atoms with van der Waals surface area (Å²) in [6, 6.07) is 21.8. The Bertz CT molecular complexity index is 805. The topological polar surface area (TPSA) is 44.1 Å². The van der Waals surface area contributed by atoms with Gasteiger partial charge in [0.05, 0.1) is 6.54 Å². The molecule has 1 aliphatic rings. The molecule has 4 heteroatoms. The summed E-state index contributed by atoms with van der Waals surface area (Å²) in [7, 11) is 0. The number of rotatable bonds is 4. The number of hydrogen-bond acceptors (Lipinski definition) is 3. The molecule has 1 aromatic heterocycles. The molecule has 1 saturated heterocycles. The number of ether oxygens (including phenoxy) is 1. The molecule has 0 N–H and O–H groups in total. The number of hydrogen-bond donors (Lipinski definition) is 0. The minimum atomic E-state index is -0.791. The van der Waals surface area contributed by atoms with Gasteiger partial charge in [-0.25, -0.2) is 0 Å². The minimum Gasteiger partial charge on any atom is -0.459 e. The minimum absolute atomic E-state index is 0.0194. The van der Waals surface area contributed by atoms with Crippen LogP contribution in [-0.4, -0.2) is 21.9 Å². The molecule has 2 heterocycles. The standard InChI is InChI=1S/C21H20N2O2/c1-16-19(15-23-14-8-13-22-23)25-20(24)21(16,17-9-4-2-5-10-17)18-11-6-3-7-12-18/h2-14,16,19H,15H2,1H3. The van der Waals surface area contributed by atoms with Crippen LogP contribution in [0.5, 0.6) is 0 Å². The fourth-order valence-electron chi connectivity index (χ4n) is 3.92. The zero-order valence-electron chi connectivity index (χ0n) is 14.1. The number of benzene rings is 2. The molecule has 0 aliphatic carbocycles. The normalized spacial score (nSPS) is 21.9. The van der Waals surface area contributed by atoms with Crippen LogP contribution in [0, 0.1) is 5.92 Å². The van der Waals surface area contributed by atoms with Gasteiger partial charge < -0.3 is 4.74 Å². The van der Waals surface area contributed by atoms with Crippen molar-refractivity contribution < 1.29 is 9.53 Å². The van der Waals surface area contributed by atoms with Crippen molar-refractivity contribution in [2.24, 2.45) is 5.92 Å². The first-order chi connectivity index (χ1) is 12.2. The Morgan fingerprint density at radius 2 is 1.60 bits per heavy atom. The van der Waals surface area contributed by atoms with Gasteiger partial charge in [0, 0.05) is 18.3 Å². The van der Waals surface area contributed by atoms with E-state index in [1.54, 1.807) is 6.20 Å². The van der Waals surface area contributed by atoms with Crippen LogP contribution in [-0.2, 0) is 21.5 Å². The second-order valence-corrected chi connectivity index (χ2v) is 6.50. The Morgan fingerprint density at radius 1 is 1.00 bits per heavy atom. The lowest BCUT2D eigenvalue weighted by Gasteiger charge is -2.31. The van der Waals surface area contributed by atoms with E-state index >= 15 is 0 Å². The molecule has 25 heavy (non-hydrogen) atoms. The van der Waals surface area contributed by atoms with Crippen molar-refractivity contribution >= 4 is 5.97 Å². The maximum Gasteiger partial charge on any atom is 0.321 e. The van der Waals surface area contributed by atoms with E-state index in [2.05, 4.69) is 12.0 Å². The summed E-state index contributed by atoms with van der Waals surface area (Å²) in [5.41, 5.74) is 1.16. The van der Waals surface area contributed by atoms with Crippen molar-refractivity contribution in [2.45, 2.75) is 25.0 Å². The smallest absolute Gasteiger partial charge is 0.321 e. The monoisotopic (exact) mass is 332 g/mol. The highest BCUT2D eigenvalue weighted by Crippen LogP contribution is 2.47. The number of carbonyl (C=O) groups is 1. The van der Waals surface area contributed by atoms with E-state index in [1.165, 1.54) is 0 Å². The summed E-state index contributed by atoms with van der Waals surface area (Å²) >= 11 is 0. The number of carbonyl (C=O) groups excluding carboxylic acids is 1. The predicted octanol–water partition coefficient (Wildman–Crippen LogP) is 3.43. The molecular weight excluding hydrogens is 312 g/mol. The quantitative estimate of drug-likeness (QED) is 0.688. The summed E-state index contributed by atoms with van der Waals surface area (Å²) in [4.78, 5) is 13.2. The first-order valence-electron chi connectivity index (χ1n) is 8.52. The highest BCUT2D eigenvalue weighted by Gasteiger charge is 2.57. The third-order valence-corrected chi connectivity index (χ3v) is 5.21. The fourth-order valence-corrected chi connectivity index (χ4v) is 3.92. The molecule has 0 saturated carbocycles.